The summed E-state index contributed by atoms with van der Waals surface area (Å²) in [6.07, 6.45) is 0. The SMILES string of the molecule is CCN(C)C(=O)CNc1cc(C)nc(C(=O)OC)n1. The van der Waals surface area contributed by atoms with Crippen LogP contribution in [0.3, 0.4) is 0 Å². The second-order valence-corrected chi connectivity index (χ2v) is 3.97. The average Bonchev–Trinajstić information content (AvgIpc) is 2.42. The van der Waals surface area contributed by atoms with Crippen LogP contribution in [0, 0.1) is 6.92 Å². The Morgan fingerprint density at radius 1 is 1.42 bits per heavy atom. The van der Waals surface area contributed by atoms with Crippen molar-refractivity contribution in [2.75, 3.05) is 32.6 Å². The third kappa shape index (κ3) is 4.20. The molecule has 19 heavy (non-hydrogen) atoms. The first-order valence-corrected chi connectivity index (χ1v) is 5.89. The van der Waals surface area contributed by atoms with Crippen molar-refractivity contribution in [2.45, 2.75) is 13.8 Å². The van der Waals surface area contributed by atoms with Crippen molar-refractivity contribution in [2.24, 2.45) is 0 Å². The molecule has 0 spiro atoms. The van der Waals surface area contributed by atoms with Crippen LogP contribution < -0.4 is 5.32 Å². The van der Waals surface area contributed by atoms with Crippen molar-refractivity contribution >= 4 is 17.7 Å². The molecule has 0 atom stereocenters. The maximum absolute atomic E-state index is 11.6. The summed E-state index contributed by atoms with van der Waals surface area (Å²) in [4.78, 5) is 32.5. The minimum atomic E-state index is -0.608. The normalized spacial score (nSPS) is 9.89. The summed E-state index contributed by atoms with van der Waals surface area (Å²) in [6.45, 7) is 4.37. The molecule has 0 aliphatic heterocycles. The van der Waals surface area contributed by atoms with Crippen molar-refractivity contribution in [1.29, 1.82) is 0 Å². The molecule has 1 heterocycles. The number of methoxy groups -OCH3 is 1. The van der Waals surface area contributed by atoms with E-state index in [-0.39, 0.29) is 18.3 Å². The lowest BCUT2D eigenvalue weighted by atomic mass is 10.4. The number of anilines is 1. The number of likely N-dealkylation sites (N-methyl/N-ethyl adjacent to an activating group) is 1. The first kappa shape index (κ1) is 14.9. The number of aromatic nitrogens is 2. The van der Waals surface area contributed by atoms with E-state index in [4.69, 9.17) is 0 Å². The number of amides is 1. The summed E-state index contributed by atoms with van der Waals surface area (Å²) in [5.74, 6) is -0.269. The molecule has 7 heteroatoms. The van der Waals surface area contributed by atoms with Crippen LogP contribution in [0.2, 0.25) is 0 Å². The highest BCUT2D eigenvalue weighted by Gasteiger charge is 2.12. The first-order valence-electron chi connectivity index (χ1n) is 5.89. The van der Waals surface area contributed by atoms with E-state index in [1.165, 1.54) is 7.11 Å². The van der Waals surface area contributed by atoms with Gasteiger partial charge in [-0.2, -0.15) is 0 Å². The van der Waals surface area contributed by atoms with Crippen LogP contribution in [0.1, 0.15) is 23.2 Å². The van der Waals surface area contributed by atoms with Crippen LogP contribution in [0.4, 0.5) is 5.82 Å². The van der Waals surface area contributed by atoms with Gasteiger partial charge in [-0.15, -0.1) is 0 Å². The molecule has 0 bridgehead atoms. The molecule has 0 aliphatic carbocycles. The fraction of sp³-hybridized carbons (Fsp3) is 0.500. The largest absolute Gasteiger partial charge is 0.463 e. The predicted molar refractivity (Wildman–Crippen MR) is 69.9 cm³/mol. The highest BCUT2D eigenvalue weighted by atomic mass is 16.5. The van der Waals surface area contributed by atoms with Crippen LogP contribution in [-0.4, -0.2) is 54.0 Å². The van der Waals surface area contributed by atoms with Crippen LogP contribution in [0.15, 0.2) is 6.07 Å². The number of hydrogen-bond donors (Lipinski definition) is 1. The van der Waals surface area contributed by atoms with Gasteiger partial charge in [0.05, 0.1) is 13.7 Å². The number of carbonyl (C=O) groups is 2. The molecule has 104 valence electrons. The molecule has 1 aromatic rings. The zero-order chi connectivity index (χ0) is 14.4. The molecule has 0 aromatic carbocycles. The van der Waals surface area contributed by atoms with E-state index in [0.717, 1.165) is 0 Å². The van der Waals surface area contributed by atoms with E-state index in [2.05, 4.69) is 20.0 Å². The number of rotatable bonds is 5. The molecule has 0 saturated carbocycles. The monoisotopic (exact) mass is 266 g/mol. The van der Waals surface area contributed by atoms with Gasteiger partial charge in [-0.25, -0.2) is 14.8 Å². The van der Waals surface area contributed by atoms with Gasteiger partial charge in [0.25, 0.3) is 0 Å². The van der Waals surface area contributed by atoms with Crippen LogP contribution in [0.5, 0.6) is 0 Å². The van der Waals surface area contributed by atoms with E-state index < -0.39 is 5.97 Å². The third-order valence-electron chi connectivity index (χ3n) is 2.54. The van der Waals surface area contributed by atoms with Gasteiger partial charge >= 0.3 is 5.97 Å². The van der Waals surface area contributed by atoms with Crippen molar-refractivity contribution < 1.29 is 14.3 Å². The maximum Gasteiger partial charge on any atom is 0.376 e. The molecule has 0 aliphatic rings. The minimum absolute atomic E-state index is 0.0266. The Bertz CT molecular complexity index is 476. The van der Waals surface area contributed by atoms with E-state index in [9.17, 15) is 9.59 Å². The molecule has 1 aromatic heterocycles. The highest BCUT2D eigenvalue weighted by Crippen LogP contribution is 2.07. The molecular formula is C12H18N4O3. The Labute approximate surface area is 112 Å². The Morgan fingerprint density at radius 2 is 2.11 bits per heavy atom. The smallest absolute Gasteiger partial charge is 0.376 e. The Kier molecular flexibility index (Phi) is 5.23. The number of nitrogens with zero attached hydrogens (tertiary/aromatic N) is 3. The number of carbonyl (C=O) groups excluding carboxylic acids is 2. The quantitative estimate of drug-likeness (QED) is 0.779. The topological polar surface area (TPSA) is 84.4 Å². The van der Waals surface area contributed by atoms with E-state index in [1.807, 2.05) is 6.92 Å². The van der Waals surface area contributed by atoms with Crippen molar-refractivity contribution in [3.8, 4) is 0 Å². The summed E-state index contributed by atoms with van der Waals surface area (Å²) in [6, 6.07) is 1.66. The van der Waals surface area contributed by atoms with Gasteiger partial charge < -0.3 is 15.0 Å². The van der Waals surface area contributed by atoms with Gasteiger partial charge in [-0.3, -0.25) is 4.79 Å². The lowest BCUT2D eigenvalue weighted by molar-refractivity contribution is -0.127. The van der Waals surface area contributed by atoms with Gasteiger partial charge in [0.15, 0.2) is 0 Å². The third-order valence-corrected chi connectivity index (χ3v) is 2.54. The van der Waals surface area contributed by atoms with E-state index >= 15 is 0 Å². The zero-order valence-electron chi connectivity index (χ0n) is 11.6. The molecule has 0 saturated heterocycles. The summed E-state index contributed by atoms with van der Waals surface area (Å²) >= 11 is 0. The van der Waals surface area contributed by atoms with Crippen molar-refractivity contribution in [1.82, 2.24) is 14.9 Å². The molecule has 0 fully saturated rings. The summed E-state index contributed by atoms with van der Waals surface area (Å²) < 4.78 is 4.56. The maximum atomic E-state index is 11.6. The molecule has 1 N–H and O–H groups in total. The Morgan fingerprint density at radius 3 is 2.68 bits per heavy atom. The van der Waals surface area contributed by atoms with Gasteiger partial charge in [-0.1, -0.05) is 0 Å². The molecule has 0 unspecified atom stereocenters. The second kappa shape index (κ2) is 6.67. The Balaban J connectivity index is 2.76. The van der Waals surface area contributed by atoms with Crippen LogP contribution >= 0.6 is 0 Å². The summed E-state index contributed by atoms with van der Waals surface area (Å²) in [5.41, 5.74) is 0.620. The minimum Gasteiger partial charge on any atom is -0.463 e. The summed E-state index contributed by atoms with van der Waals surface area (Å²) in [7, 11) is 2.98. The highest BCUT2D eigenvalue weighted by molar-refractivity contribution is 5.85. The van der Waals surface area contributed by atoms with Gasteiger partial charge in [-0.05, 0) is 13.8 Å². The lowest BCUT2D eigenvalue weighted by Gasteiger charge is -2.15. The molecule has 0 radical (unpaired) electrons. The average molecular weight is 266 g/mol. The van der Waals surface area contributed by atoms with Gasteiger partial charge in [0.1, 0.15) is 5.82 Å². The number of esters is 1. The lowest BCUT2D eigenvalue weighted by Crippen LogP contribution is -2.32. The van der Waals surface area contributed by atoms with Crippen LogP contribution in [0.25, 0.3) is 0 Å². The predicted octanol–water partition coefficient (Wildman–Crippen LogP) is 0.462. The number of ether oxygens (including phenoxy) is 1. The molecule has 1 rings (SSSR count). The van der Waals surface area contributed by atoms with Crippen molar-refractivity contribution in [3.63, 3.8) is 0 Å². The molecular weight excluding hydrogens is 248 g/mol. The van der Waals surface area contributed by atoms with Crippen LogP contribution in [-0.2, 0) is 9.53 Å². The zero-order valence-corrected chi connectivity index (χ0v) is 11.6. The number of nitrogens with one attached hydrogen (secondary N) is 1. The Hall–Kier alpha value is -2.18. The fourth-order valence-electron chi connectivity index (χ4n) is 1.32. The van der Waals surface area contributed by atoms with E-state index in [1.54, 1.807) is 24.9 Å². The number of hydrogen-bond acceptors (Lipinski definition) is 6. The second-order valence-electron chi connectivity index (χ2n) is 3.97. The molecule has 7 nitrogen and oxygen atoms in total. The van der Waals surface area contributed by atoms with Gasteiger partial charge in [0, 0.05) is 25.4 Å². The molecule has 1 amide bonds. The standard InChI is InChI=1S/C12H18N4O3/c1-5-16(3)10(17)7-13-9-6-8(2)14-11(15-9)12(18)19-4/h6H,5,7H2,1-4H3,(H,13,14,15). The fourth-order valence-corrected chi connectivity index (χ4v) is 1.32. The van der Waals surface area contributed by atoms with Gasteiger partial charge in [0.2, 0.25) is 11.7 Å². The van der Waals surface area contributed by atoms with Crippen molar-refractivity contribution in [3.05, 3.63) is 17.6 Å². The number of aryl methyl sites for hydroxylation is 1. The van der Waals surface area contributed by atoms with E-state index in [0.29, 0.717) is 18.1 Å². The first-order chi connectivity index (χ1) is 8.97. The summed E-state index contributed by atoms with van der Waals surface area (Å²) in [5, 5.41) is 2.87.